The number of anilines is 1. The second kappa shape index (κ2) is 6.88. The average molecular weight is 367 g/mol. The normalized spacial score (nSPS) is 16.2. The van der Waals surface area contributed by atoms with Crippen LogP contribution in [0.3, 0.4) is 0 Å². The summed E-state index contributed by atoms with van der Waals surface area (Å²) in [5.74, 6) is -0.454. The minimum absolute atomic E-state index is 0.00743. The van der Waals surface area contributed by atoms with E-state index in [2.05, 4.69) is 9.71 Å². The summed E-state index contributed by atoms with van der Waals surface area (Å²) in [6, 6.07) is 8.05. The Balaban J connectivity index is 1.62. The van der Waals surface area contributed by atoms with E-state index in [0.29, 0.717) is 36.0 Å². The van der Waals surface area contributed by atoms with Crippen LogP contribution >= 0.6 is 11.3 Å². The first-order valence-corrected chi connectivity index (χ1v) is 9.83. The molecule has 1 aliphatic heterocycles. The zero-order valence-corrected chi connectivity index (χ0v) is 14.4. The third-order valence-electron chi connectivity index (χ3n) is 3.85. The second-order valence-electron chi connectivity index (χ2n) is 5.50. The van der Waals surface area contributed by atoms with E-state index in [9.17, 15) is 13.2 Å². The van der Waals surface area contributed by atoms with Crippen molar-refractivity contribution in [1.29, 1.82) is 0 Å². The summed E-state index contributed by atoms with van der Waals surface area (Å²) < 4.78 is 27.5. The Labute approximate surface area is 144 Å². The number of carboxylic acids is 1. The molecule has 0 saturated carbocycles. The van der Waals surface area contributed by atoms with Crippen LogP contribution in [0.4, 0.5) is 5.82 Å². The zero-order chi connectivity index (χ0) is 17.2. The van der Waals surface area contributed by atoms with E-state index in [1.807, 2.05) is 4.90 Å². The largest absolute Gasteiger partial charge is 0.477 e. The number of pyridine rings is 1. The van der Waals surface area contributed by atoms with Crippen LogP contribution in [0.1, 0.15) is 23.3 Å². The molecule has 9 heteroatoms. The summed E-state index contributed by atoms with van der Waals surface area (Å²) in [6.45, 7) is 1.24. The first kappa shape index (κ1) is 16.9. The van der Waals surface area contributed by atoms with Crippen LogP contribution in [0.15, 0.2) is 39.9 Å². The molecular weight excluding hydrogens is 350 g/mol. The number of thiophene rings is 1. The maximum Gasteiger partial charge on any atom is 0.354 e. The molecule has 1 fully saturated rings. The molecule has 3 rings (SSSR count). The summed E-state index contributed by atoms with van der Waals surface area (Å²) >= 11 is 1.19. The number of carbonyl (C=O) groups is 1. The minimum atomic E-state index is -3.46. The van der Waals surface area contributed by atoms with Gasteiger partial charge in [-0.15, -0.1) is 11.3 Å². The van der Waals surface area contributed by atoms with Crippen molar-refractivity contribution in [1.82, 2.24) is 9.71 Å². The lowest BCUT2D eigenvalue weighted by atomic mass is 10.1. The molecule has 0 unspecified atom stereocenters. The van der Waals surface area contributed by atoms with Gasteiger partial charge in [-0.3, -0.25) is 0 Å². The van der Waals surface area contributed by atoms with Crippen LogP contribution < -0.4 is 9.62 Å². The van der Waals surface area contributed by atoms with E-state index in [1.165, 1.54) is 17.4 Å². The van der Waals surface area contributed by atoms with Gasteiger partial charge in [0.2, 0.25) is 10.0 Å². The zero-order valence-electron chi connectivity index (χ0n) is 12.8. The van der Waals surface area contributed by atoms with Crippen molar-refractivity contribution >= 4 is 33.1 Å². The number of hydrogen-bond donors (Lipinski definition) is 2. The number of aromatic carboxylic acids is 1. The lowest BCUT2D eigenvalue weighted by molar-refractivity contribution is 0.0690. The summed E-state index contributed by atoms with van der Waals surface area (Å²) in [6.07, 6.45) is 1.28. The molecule has 24 heavy (non-hydrogen) atoms. The van der Waals surface area contributed by atoms with E-state index in [0.717, 1.165) is 0 Å². The first-order valence-electron chi connectivity index (χ1n) is 7.47. The SMILES string of the molecule is O=C(O)c1cccc(N2CCC(NS(=O)(=O)c3cccs3)CC2)n1. The van der Waals surface area contributed by atoms with Gasteiger partial charge in [-0.25, -0.2) is 22.9 Å². The molecule has 0 aliphatic carbocycles. The van der Waals surface area contributed by atoms with Crippen molar-refractivity contribution in [2.75, 3.05) is 18.0 Å². The molecular formula is C15H17N3O4S2. The molecule has 128 valence electrons. The van der Waals surface area contributed by atoms with Crippen molar-refractivity contribution in [2.24, 2.45) is 0 Å². The Bertz CT molecular complexity index is 813. The number of nitrogens with one attached hydrogen (secondary N) is 1. The predicted molar refractivity (Wildman–Crippen MR) is 91.1 cm³/mol. The third kappa shape index (κ3) is 3.74. The molecule has 1 aliphatic rings. The van der Waals surface area contributed by atoms with Gasteiger partial charge in [0, 0.05) is 19.1 Å². The summed E-state index contributed by atoms with van der Waals surface area (Å²) in [7, 11) is -3.46. The Kier molecular flexibility index (Phi) is 4.83. The Morgan fingerprint density at radius 3 is 2.62 bits per heavy atom. The van der Waals surface area contributed by atoms with Gasteiger partial charge in [-0.05, 0) is 36.4 Å². The monoisotopic (exact) mass is 367 g/mol. The molecule has 2 N–H and O–H groups in total. The number of hydrogen-bond acceptors (Lipinski definition) is 6. The lowest BCUT2D eigenvalue weighted by Gasteiger charge is -2.33. The van der Waals surface area contributed by atoms with Crippen LogP contribution in [-0.4, -0.2) is 43.6 Å². The maximum absolute atomic E-state index is 12.2. The number of piperidine rings is 1. The van der Waals surface area contributed by atoms with Gasteiger partial charge in [-0.1, -0.05) is 12.1 Å². The van der Waals surface area contributed by atoms with Crippen molar-refractivity contribution in [3.05, 3.63) is 41.4 Å². The molecule has 0 bridgehead atoms. The molecule has 0 atom stereocenters. The van der Waals surface area contributed by atoms with E-state index in [4.69, 9.17) is 5.11 Å². The Morgan fingerprint density at radius 1 is 1.25 bits per heavy atom. The van der Waals surface area contributed by atoms with Crippen LogP contribution in [0.25, 0.3) is 0 Å². The van der Waals surface area contributed by atoms with Gasteiger partial charge >= 0.3 is 5.97 Å². The number of aromatic nitrogens is 1. The number of sulfonamides is 1. The molecule has 1 saturated heterocycles. The molecule has 0 aromatic carbocycles. The molecule has 0 amide bonds. The standard InChI is InChI=1S/C15H17N3O4S2/c19-15(20)12-3-1-4-13(16-12)18-8-6-11(7-9-18)17-24(21,22)14-5-2-10-23-14/h1-5,10-11,17H,6-9H2,(H,19,20). The van der Waals surface area contributed by atoms with Gasteiger partial charge in [0.25, 0.3) is 0 Å². The first-order chi connectivity index (χ1) is 11.5. The topological polar surface area (TPSA) is 99.6 Å². The quantitative estimate of drug-likeness (QED) is 0.836. The van der Waals surface area contributed by atoms with Crippen molar-refractivity contribution in [3.63, 3.8) is 0 Å². The molecule has 2 aromatic rings. The minimum Gasteiger partial charge on any atom is -0.477 e. The van der Waals surface area contributed by atoms with Gasteiger partial charge in [0.05, 0.1) is 0 Å². The van der Waals surface area contributed by atoms with E-state index < -0.39 is 16.0 Å². The Hall–Kier alpha value is -1.97. The number of nitrogens with zero attached hydrogens (tertiary/aromatic N) is 2. The fourth-order valence-corrected chi connectivity index (χ4v) is 4.95. The predicted octanol–water partition coefficient (Wildman–Crippen LogP) is 1.79. The average Bonchev–Trinajstić information content (AvgIpc) is 3.11. The number of carboxylic acid groups (broad SMARTS) is 1. The maximum atomic E-state index is 12.2. The molecule has 7 nitrogen and oxygen atoms in total. The highest BCUT2D eigenvalue weighted by atomic mass is 32.2. The van der Waals surface area contributed by atoms with Crippen LogP contribution in [0.5, 0.6) is 0 Å². The van der Waals surface area contributed by atoms with Crippen LogP contribution in [0.2, 0.25) is 0 Å². The van der Waals surface area contributed by atoms with E-state index in [-0.39, 0.29) is 11.7 Å². The van der Waals surface area contributed by atoms with Gasteiger partial charge < -0.3 is 10.0 Å². The van der Waals surface area contributed by atoms with E-state index in [1.54, 1.807) is 29.6 Å². The highest BCUT2D eigenvalue weighted by molar-refractivity contribution is 7.91. The van der Waals surface area contributed by atoms with Crippen molar-refractivity contribution in [2.45, 2.75) is 23.1 Å². The molecule has 3 heterocycles. The highest BCUT2D eigenvalue weighted by Gasteiger charge is 2.25. The van der Waals surface area contributed by atoms with Crippen LogP contribution in [-0.2, 0) is 10.0 Å². The highest BCUT2D eigenvalue weighted by Crippen LogP contribution is 2.21. The fraction of sp³-hybridized carbons (Fsp3) is 0.333. The van der Waals surface area contributed by atoms with Crippen LogP contribution in [0, 0.1) is 0 Å². The van der Waals surface area contributed by atoms with Crippen molar-refractivity contribution < 1.29 is 18.3 Å². The Morgan fingerprint density at radius 2 is 2.00 bits per heavy atom. The fourth-order valence-electron chi connectivity index (χ4n) is 2.64. The van der Waals surface area contributed by atoms with Gasteiger partial charge in [-0.2, -0.15) is 0 Å². The summed E-state index contributed by atoms with van der Waals surface area (Å²) in [4.78, 5) is 17.1. The number of rotatable bonds is 5. The van der Waals surface area contributed by atoms with Crippen molar-refractivity contribution in [3.8, 4) is 0 Å². The smallest absolute Gasteiger partial charge is 0.354 e. The van der Waals surface area contributed by atoms with Gasteiger partial charge in [0.1, 0.15) is 10.0 Å². The molecule has 0 radical (unpaired) electrons. The summed E-state index contributed by atoms with van der Waals surface area (Å²) in [5.41, 5.74) is 0.00743. The lowest BCUT2D eigenvalue weighted by Crippen LogP contribution is -2.44. The molecule has 0 spiro atoms. The summed E-state index contributed by atoms with van der Waals surface area (Å²) in [5, 5.41) is 10.7. The van der Waals surface area contributed by atoms with E-state index >= 15 is 0 Å². The third-order valence-corrected chi connectivity index (χ3v) is 6.77. The van der Waals surface area contributed by atoms with Gasteiger partial charge in [0.15, 0.2) is 5.69 Å². The molecule has 2 aromatic heterocycles. The second-order valence-corrected chi connectivity index (χ2v) is 8.39.